The third-order valence-corrected chi connectivity index (χ3v) is 2.86. The molecule has 0 bridgehead atoms. The van der Waals surface area contributed by atoms with Crippen LogP contribution in [0.3, 0.4) is 0 Å². The van der Waals surface area contributed by atoms with Crippen LogP contribution in [0.1, 0.15) is 23.7 Å². The number of anilines is 1. The second-order valence-corrected chi connectivity index (χ2v) is 4.58. The summed E-state index contributed by atoms with van der Waals surface area (Å²) in [5, 5.41) is 14.5. The summed E-state index contributed by atoms with van der Waals surface area (Å²) in [6.07, 6.45) is 0.963. The van der Waals surface area contributed by atoms with Crippen molar-refractivity contribution in [2.75, 3.05) is 18.4 Å². The maximum Gasteiger partial charge on any atom is 0.335 e. The number of aromatic carboxylic acids is 1. The number of nitrogens with one attached hydrogen (secondary N) is 2. The minimum Gasteiger partial charge on any atom is -0.478 e. The van der Waals surface area contributed by atoms with Crippen LogP contribution >= 0.6 is 15.9 Å². The van der Waals surface area contributed by atoms with E-state index in [-0.39, 0.29) is 18.0 Å². The lowest BCUT2D eigenvalue weighted by atomic mass is 10.2. The summed E-state index contributed by atoms with van der Waals surface area (Å²) >= 11 is 3.23. The Morgan fingerprint density at radius 2 is 2.11 bits per heavy atom. The van der Waals surface area contributed by atoms with Crippen LogP contribution in [0.25, 0.3) is 0 Å². The molecule has 1 rings (SSSR count). The third-order valence-electron chi connectivity index (χ3n) is 2.20. The molecule has 3 N–H and O–H groups in total. The SMILES string of the molecule is CCCNCC(=O)Nc1ccc(C(=O)O)cc1Br. The standard InChI is InChI=1S/C12H15BrN2O3/c1-2-5-14-7-11(16)15-10-4-3-8(12(17)18)6-9(10)13/h3-4,6,14H,2,5,7H2,1H3,(H,15,16)(H,17,18). The van der Waals surface area contributed by atoms with Crippen molar-refractivity contribution < 1.29 is 14.7 Å². The molecular formula is C12H15BrN2O3. The van der Waals surface area contributed by atoms with E-state index in [2.05, 4.69) is 26.6 Å². The first-order chi connectivity index (χ1) is 8.54. The zero-order valence-corrected chi connectivity index (χ0v) is 11.6. The molecule has 1 amide bonds. The van der Waals surface area contributed by atoms with Gasteiger partial charge in [-0.1, -0.05) is 6.92 Å². The quantitative estimate of drug-likeness (QED) is 0.702. The van der Waals surface area contributed by atoms with Gasteiger partial charge in [-0.15, -0.1) is 0 Å². The number of carboxylic acids is 1. The highest BCUT2D eigenvalue weighted by Crippen LogP contribution is 2.23. The van der Waals surface area contributed by atoms with Crippen molar-refractivity contribution in [3.63, 3.8) is 0 Å². The van der Waals surface area contributed by atoms with Gasteiger partial charge in [-0.05, 0) is 47.1 Å². The van der Waals surface area contributed by atoms with Gasteiger partial charge < -0.3 is 15.7 Å². The summed E-state index contributed by atoms with van der Waals surface area (Å²) < 4.78 is 0.547. The minimum absolute atomic E-state index is 0.160. The highest BCUT2D eigenvalue weighted by atomic mass is 79.9. The number of carboxylic acid groups (broad SMARTS) is 1. The van der Waals surface area contributed by atoms with Crippen LogP contribution in [0.5, 0.6) is 0 Å². The van der Waals surface area contributed by atoms with E-state index < -0.39 is 5.97 Å². The molecule has 0 saturated carbocycles. The Labute approximate surface area is 114 Å². The minimum atomic E-state index is -1.00. The van der Waals surface area contributed by atoms with Gasteiger partial charge in [0.15, 0.2) is 0 Å². The molecule has 0 saturated heterocycles. The predicted molar refractivity (Wildman–Crippen MR) is 72.9 cm³/mol. The lowest BCUT2D eigenvalue weighted by Crippen LogP contribution is -2.28. The fourth-order valence-corrected chi connectivity index (χ4v) is 1.80. The maximum absolute atomic E-state index is 11.5. The smallest absolute Gasteiger partial charge is 0.335 e. The van der Waals surface area contributed by atoms with Crippen LogP contribution in [-0.2, 0) is 4.79 Å². The number of halogens is 1. The van der Waals surface area contributed by atoms with Crippen LogP contribution in [-0.4, -0.2) is 30.1 Å². The number of amides is 1. The Bertz CT molecular complexity index is 449. The highest BCUT2D eigenvalue weighted by Gasteiger charge is 2.08. The monoisotopic (exact) mass is 314 g/mol. The van der Waals surface area contributed by atoms with E-state index in [4.69, 9.17) is 5.11 Å². The van der Waals surface area contributed by atoms with Crippen LogP contribution < -0.4 is 10.6 Å². The number of benzene rings is 1. The largest absolute Gasteiger partial charge is 0.478 e. The van der Waals surface area contributed by atoms with Gasteiger partial charge in [0.2, 0.25) is 5.91 Å². The lowest BCUT2D eigenvalue weighted by molar-refractivity contribution is -0.115. The van der Waals surface area contributed by atoms with E-state index >= 15 is 0 Å². The zero-order chi connectivity index (χ0) is 13.5. The van der Waals surface area contributed by atoms with Crippen molar-refractivity contribution in [3.8, 4) is 0 Å². The molecule has 0 aliphatic carbocycles. The Morgan fingerprint density at radius 3 is 2.67 bits per heavy atom. The Hall–Kier alpha value is -1.40. The highest BCUT2D eigenvalue weighted by molar-refractivity contribution is 9.10. The van der Waals surface area contributed by atoms with Gasteiger partial charge in [-0.3, -0.25) is 4.79 Å². The van der Waals surface area contributed by atoms with Crippen molar-refractivity contribution in [2.45, 2.75) is 13.3 Å². The maximum atomic E-state index is 11.5. The number of carbonyl (C=O) groups is 2. The first-order valence-corrected chi connectivity index (χ1v) is 6.37. The van der Waals surface area contributed by atoms with Gasteiger partial charge >= 0.3 is 5.97 Å². The topological polar surface area (TPSA) is 78.4 Å². The van der Waals surface area contributed by atoms with E-state index in [1.807, 2.05) is 6.92 Å². The molecular weight excluding hydrogens is 300 g/mol. The predicted octanol–water partition coefficient (Wildman–Crippen LogP) is 2.09. The van der Waals surface area contributed by atoms with Crippen molar-refractivity contribution in [1.29, 1.82) is 0 Å². The molecule has 0 heterocycles. The number of rotatable bonds is 6. The number of carbonyl (C=O) groups excluding carboxylic acids is 1. The Morgan fingerprint density at radius 1 is 1.39 bits per heavy atom. The van der Waals surface area contributed by atoms with Gasteiger partial charge in [0.05, 0.1) is 17.8 Å². The Balaban J connectivity index is 2.62. The summed E-state index contributed by atoms with van der Waals surface area (Å²) in [6, 6.07) is 4.46. The first kappa shape index (κ1) is 14.7. The Kier molecular flexibility index (Phi) is 5.80. The third kappa shape index (κ3) is 4.46. The van der Waals surface area contributed by atoms with Crippen LogP contribution in [0.15, 0.2) is 22.7 Å². The van der Waals surface area contributed by atoms with Gasteiger partial charge in [-0.25, -0.2) is 4.79 Å². The summed E-state index contributed by atoms with van der Waals surface area (Å²) in [5.41, 5.74) is 0.729. The van der Waals surface area contributed by atoms with Crippen LogP contribution in [0.2, 0.25) is 0 Å². The van der Waals surface area contributed by atoms with Crippen molar-refractivity contribution in [3.05, 3.63) is 28.2 Å². The molecule has 6 heteroatoms. The van der Waals surface area contributed by atoms with E-state index in [0.717, 1.165) is 13.0 Å². The second-order valence-electron chi connectivity index (χ2n) is 3.72. The molecule has 0 fully saturated rings. The molecule has 0 radical (unpaired) electrons. The summed E-state index contributed by atoms with van der Waals surface area (Å²) in [5.74, 6) is -1.16. The fraction of sp³-hybridized carbons (Fsp3) is 0.333. The molecule has 0 aromatic heterocycles. The molecule has 5 nitrogen and oxygen atoms in total. The van der Waals surface area contributed by atoms with Crippen LogP contribution in [0.4, 0.5) is 5.69 Å². The summed E-state index contributed by atoms with van der Waals surface area (Å²) in [7, 11) is 0. The molecule has 1 aromatic rings. The first-order valence-electron chi connectivity index (χ1n) is 5.58. The van der Waals surface area contributed by atoms with Gasteiger partial charge in [0, 0.05) is 4.47 Å². The zero-order valence-electron chi connectivity index (χ0n) is 10.00. The van der Waals surface area contributed by atoms with Gasteiger partial charge in [-0.2, -0.15) is 0 Å². The molecule has 1 aromatic carbocycles. The summed E-state index contributed by atoms with van der Waals surface area (Å²) in [4.78, 5) is 22.3. The van der Waals surface area contributed by atoms with Crippen molar-refractivity contribution in [2.24, 2.45) is 0 Å². The van der Waals surface area contributed by atoms with Crippen molar-refractivity contribution in [1.82, 2.24) is 5.32 Å². The van der Waals surface area contributed by atoms with Gasteiger partial charge in [0.1, 0.15) is 0 Å². The summed E-state index contributed by atoms with van der Waals surface area (Å²) in [6.45, 7) is 3.04. The number of hydrogen-bond acceptors (Lipinski definition) is 3. The van der Waals surface area contributed by atoms with E-state index in [0.29, 0.717) is 10.2 Å². The second kappa shape index (κ2) is 7.13. The van der Waals surface area contributed by atoms with Crippen molar-refractivity contribution >= 4 is 33.5 Å². The van der Waals surface area contributed by atoms with E-state index in [1.54, 1.807) is 6.07 Å². The number of hydrogen-bond donors (Lipinski definition) is 3. The average Bonchev–Trinajstić information content (AvgIpc) is 2.32. The molecule has 0 spiro atoms. The molecule has 0 atom stereocenters. The van der Waals surface area contributed by atoms with Gasteiger partial charge in [0.25, 0.3) is 0 Å². The van der Waals surface area contributed by atoms with E-state index in [1.165, 1.54) is 12.1 Å². The average molecular weight is 315 g/mol. The fourth-order valence-electron chi connectivity index (χ4n) is 1.32. The lowest BCUT2D eigenvalue weighted by Gasteiger charge is -2.08. The van der Waals surface area contributed by atoms with Crippen LogP contribution in [0, 0.1) is 0 Å². The molecule has 18 heavy (non-hydrogen) atoms. The molecule has 0 unspecified atom stereocenters. The molecule has 0 aliphatic rings. The molecule has 0 aliphatic heterocycles. The van der Waals surface area contributed by atoms with E-state index in [9.17, 15) is 9.59 Å². The molecule has 98 valence electrons. The normalized spacial score (nSPS) is 10.1.